The van der Waals surface area contributed by atoms with Crippen LogP contribution >= 0.6 is 0 Å². The third-order valence-electron chi connectivity index (χ3n) is 3.12. The van der Waals surface area contributed by atoms with E-state index in [-0.39, 0.29) is 0 Å². The van der Waals surface area contributed by atoms with Gasteiger partial charge in [-0.05, 0) is 0 Å². The summed E-state index contributed by atoms with van der Waals surface area (Å²) in [6.07, 6.45) is 0. The summed E-state index contributed by atoms with van der Waals surface area (Å²) in [6, 6.07) is 27.9. The minimum absolute atomic E-state index is 0.470. The first kappa shape index (κ1) is 15.5. The Morgan fingerprint density at radius 1 is 0.545 bits per heavy atom. The van der Waals surface area contributed by atoms with Gasteiger partial charge in [-0.25, -0.2) is 0 Å². The van der Waals surface area contributed by atoms with Crippen LogP contribution in [0.1, 0.15) is 11.4 Å². The fraction of sp³-hybridized carbons (Fsp3) is 0.105. The first-order chi connectivity index (χ1) is 10.9. The van der Waals surface area contributed by atoms with Crippen molar-refractivity contribution in [3.63, 3.8) is 0 Å². The summed E-state index contributed by atoms with van der Waals surface area (Å²) in [5, 5.41) is 2.15. The maximum absolute atomic E-state index is 4.83. The topological polar surface area (TPSA) is 12.9 Å². The van der Waals surface area contributed by atoms with E-state index in [0.29, 0.717) is 29.9 Å². The van der Waals surface area contributed by atoms with Crippen molar-refractivity contribution in [1.29, 1.82) is 0 Å². The second-order valence-corrected chi connectivity index (χ2v) is 9.22. The van der Waals surface area contributed by atoms with E-state index in [1.165, 1.54) is 20.3 Å². The summed E-state index contributed by atoms with van der Waals surface area (Å²) in [5.41, 5.74) is 2.45. The van der Waals surface area contributed by atoms with Crippen LogP contribution in [0.5, 0.6) is 0 Å². The van der Waals surface area contributed by atoms with Crippen LogP contribution in [0, 0.1) is 0 Å². The molecule has 0 unspecified atom stereocenters. The molecule has 0 saturated heterocycles. The van der Waals surface area contributed by atoms with Gasteiger partial charge in [0.05, 0.1) is 0 Å². The molecule has 1 heterocycles. The molecular weight excluding hydrogens is 400 g/mol. The van der Waals surface area contributed by atoms with Crippen LogP contribution in [0.15, 0.2) is 78.9 Å². The third-order valence-corrected chi connectivity index (χ3v) is 7.51. The standard InChI is InChI=1S/C19H17NSe2/c1-3-10-18(11-4-1)21-14-16-8-7-9-17(20-16)15-22-19-12-5-2-6-13-19/h1-13H,14-15H2. The van der Waals surface area contributed by atoms with Crippen molar-refractivity contribution in [1.82, 2.24) is 4.98 Å². The average molecular weight is 417 g/mol. The van der Waals surface area contributed by atoms with E-state index in [0.717, 1.165) is 10.6 Å². The molecule has 0 N–H and O–H groups in total. The number of hydrogen-bond donors (Lipinski definition) is 0. The zero-order valence-electron chi connectivity index (χ0n) is 12.2. The van der Waals surface area contributed by atoms with Crippen LogP contribution in [0.25, 0.3) is 0 Å². The Morgan fingerprint density at radius 2 is 1.00 bits per heavy atom. The molecule has 0 bridgehead atoms. The summed E-state index contributed by atoms with van der Waals surface area (Å²) in [5.74, 6) is 0. The molecule has 0 radical (unpaired) electrons. The van der Waals surface area contributed by atoms with Gasteiger partial charge in [0, 0.05) is 0 Å². The Labute approximate surface area is 144 Å². The van der Waals surface area contributed by atoms with Gasteiger partial charge in [-0.1, -0.05) is 0 Å². The van der Waals surface area contributed by atoms with Gasteiger partial charge in [-0.2, -0.15) is 0 Å². The molecule has 22 heavy (non-hydrogen) atoms. The molecule has 0 amide bonds. The van der Waals surface area contributed by atoms with Crippen LogP contribution in [-0.4, -0.2) is 34.9 Å². The second-order valence-electron chi connectivity index (χ2n) is 4.82. The van der Waals surface area contributed by atoms with Crippen LogP contribution < -0.4 is 8.92 Å². The van der Waals surface area contributed by atoms with Crippen molar-refractivity contribution >= 4 is 38.8 Å². The third kappa shape index (κ3) is 4.83. The van der Waals surface area contributed by atoms with Gasteiger partial charge in [0.2, 0.25) is 0 Å². The number of benzene rings is 2. The first-order valence-electron chi connectivity index (χ1n) is 7.21. The van der Waals surface area contributed by atoms with Crippen molar-refractivity contribution in [3.05, 3.63) is 90.3 Å². The summed E-state index contributed by atoms with van der Waals surface area (Å²) in [4.78, 5) is 4.83. The molecule has 3 aromatic rings. The van der Waals surface area contributed by atoms with Crippen LogP contribution in [0.4, 0.5) is 0 Å². The Hall–Kier alpha value is -1.37. The van der Waals surface area contributed by atoms with Crippen molar-refractivity contribution in [3.8, 4) is 0 Å². The van der Waals surface area contributed by atoms with E-state index < -0.39 is 0 Å². The molecule has 3 rings (SSSR count). The predicted molar refractivity (Wildman–Crippen MR) is 95.3 cm³/mol. The van der Waals surface area contributed by atoms with Gasteiger partial charge in [0.25, 0.3) is 0 Å². The summed E-state index contributed by atoms with van der Waals surface area (Å²) in [6.45, 7) is 0. The fourth-order valence-electron chi connectivity index (χ4n) is 2.04. The van der Waals surface area contributed by atoms with Crippen LogP contribution in [0.2, 0.25) is 0 Å². The maximum atomic E-state index is 4.83. The van der Waals surface area contributed by atoms with Gasteiger partial charge >= 0.3 is 145 Å². The number of aromatic nitrogens is 1. The molecule has 0 atom stereocenters. The molecule has 0 fully saturated rings. The number of hydrogen-bond acceptors (Lipinski definition) is 1. The monoisotopic (exact) mass is 419 g/mol. The van der Waals surface area contributed by atoms with Gasteiger partial charge in [-0.3, -0.25) is 0 Å². The van der Waals surface area contributed by atoms with E-state index >= 15 is 0 Å². The Balaban J connectivity index is 1.58. The Kier molecular flexibility index (Phi) is 5.86. The molecule has 1 aromatic heterocycles. The molecule has 0 saturated carbocycles. The minimum atomic E-state index is 0.470. The zero-order valence-corrected chi connectivity index (χ0v) is 15.6. The number of rotatable bonds is 6. The molecule has 0 aliphatic carbocycles. The zero-order chi connectivity index (χ0) is 15.0. The van der Waals surface area contributed by atoms with Crippen molar-refractivity contribution < 1.29 is 0 Å². The SMILES string of the molecule is c1ccc([Se]Cc2cccc(C[Se]c3ccccc3)n2)cc1. The molecule has 2 aromatic carbocycles. The van der Waals surface area contributed by atoms with E-state index in [2.05, 4.69) is 78.9 Å². The normalized spacial score (nSPS) is 10.5. The van der Waals surface area contributed by atoms with Gasteiger partial charge in [0.1, 0.15) is 0 Å². The second kappa shape index (κ2) is 8.31. The summed E-state index contributed by atoms with van der Waals surface area (Å²) in [7, 11) is 0. The van der Waals surface area contributed by atoms with Crippen molar-refractivity contribution in [2.24, 2.45) is 0 Å². The van der Waals surface area contributed by atoms with Crippen molar-refractivity contribution in [2.75, 3.05) is 0 Å². The Morgan fingerprint density at radius 3 is 1.45 bits per heavy atom. The fourth-order valence-corrected chi connectivity index (χ4v) is 5.50. The van der Waals surface area contributed by atoms with E-state index in [4.69, 9.17) is 4.98 Å². The quantitative estimate of drug-likeness (QED) is 0.561. The van der Waals surface area contributed by atoms with Crippen molar-refractivity contribution in [2.45, 2.75) is 10.6 Å². The van der Waals surface area contributed by atoms with E-state index in [9.17, 15) is 0 Å². The van der Waals surface area contributed by atoms with Crippen LogP contribution in [0.3, 0.4) is 0 Å². The van der Waals surface area contributed by atoms with E-state index in [1.807, 2.05) is 0 Å². The molecule has 3 heteroatoms. The van der Waals surface area contributed by atoms with Crippen LogP contribution in [-0.2, 0) is 10.6 Å². The van der Waals surface area contributed by atoms with Gasteiger partial charge in [-0.15, -0.1) is 0 Å². The molecular formula is C19H17NSe2. The van der Waals surface area contributed by atoms with Gasteiger partial charge < -0.3 is 0 Å². The molecule has 0 aliphatic rings. The number of nitrogens with zero attached hydrogens (tertiary/aromatic N) is 1. The summed E-state index contributed by atoms with van der Waals surface area (Å²) >= 11 is 0.939. The van der Waals surface area contributed by atoms with E-state index in [1.54, 1.807) is 0 Å². The first-order valence-corrected chi connectivity index (χ1v) is 11.3. The summed E-state index contributed by atoms with van der Waals surface area (Å²) < 4.78 is 2.88. The molecule has 110 valence electrons. The van der Waals surface area contributed by atoms with Gasteiger partial charge in [0.15, 0.2) is 0 Å². The Bertz CT molecular complexity index is 640. The predicted octanol–water partition coefficient (Wildman–Crippen LogP) is 2.14. The molecule has 0 aliphatic heterocycles. The number of pyridine rings is 1. The molecule has 1 nitrogen and oxygen atoms in total. The average Bonchev–Trinajstić information content (AvgIpc) is 2.60. The molecule has 0 spiro atoms.